The largest absolute Gasteiger partial charge is 0.504 e. The van der Waals surface area contributed by atoms with Crippen molar-refractivity contribution in [2.24, 2.45) is 0 Å². The number of carbonyl (C=O) groups is 4. The maximum Gasteiger partial charge on any atom is 0.352 e. The van der Waals surface area contributed by atoms with Crippen molar-refractivity contribution in [2.45, 2.75) is 19.6 Å². The highest BCUT2D eigenvalue weighted by Crippen LogP contribution is 2.31. The summed E-state index contributed by atoms with van der Waals surface area (Å²) in [5, 5.41) is 9.56. The standard InChI is InChI=1S/C19H18O8S/c1-3-25-16(21)13(17(22)26-4-2)15-14(20)12(18(23)27-15)19(24)28-10-11-8-6-5-7-9-11/h5-9,20H,3-4,10H2,1-2H3. The average Bonchev–Trinajstić information content (AvgIpc) is 2.95. The van der Waals surface area contributed by atoms with Crippen LogP contribution < -0.4 is 0 Å². The minimum atomic E-state index is -1.16. The first kappa shape index (κ1) is 21.2. The van der Waals surface area contributed by atoms with E-state index in [1.807, 2.05) is 6.07 Å². The van der Waals surface area contributed by atoms with Crippen molar-refractivity contribution < 1.29 is 38.5 Å². The van der Waals surface area contributed by atoms with Crippen LogP contribution in [0.15, 0.2) is 53.0 Å². The van der Waals surface area contributed by atoms with Crippen molar-refractivity contribution in [3.8, 4) is 0 Å². The fourth-order valence-electron chi connectivity index (χ4n) is 2.22. The van der Waals surface area contributed by atoms with Gasteiger partial charge in [-0.1, -0.05) is 42.1 Å². The van der Waals surface area contributed by atoms with Crippen molar-refractivity contribution in [2.75, 3.05) is 13.2 Å². The Labute approximate surface area is 165 Å². The number of hydrogen-bond acceptors (Lipinski definition) is 9. The van der Waals surface area contributed by atoms with E-state index in [4.69, 9.17) is 14.2 Å². The highest BCUT2D eigenvalue weighted by Gasteiger charge is 2.41. The molecule has 0 atom stereocenters. The number of thioether (sulfide) groups is 1. The van der Waals surface area contributed by atoms with Crippen LogP contribution in [0.1, 0.15) is 19.4 Å². The van der Waals surface area contributed by atoms with Crippen LogP contribution >= 0.6 is 11.8 Å². The summed E-state index contributed by atoms with van der Waals surface area (Å²) in [6, 6.07) is 9.01. The number of benzene rings is 1. The van der Waals surface area contributed by atoms with Crippen LogP contribution in [0, 0.1) is 0 Å². The van der Waals surface area contributed by atoms with Crippen molar-refractivity contribution in [1.82, 2.24) is 0 Å². The van der Waals surface area contributed by atoms with Gasteiger partial charge in [-0.3, -0.25) is 4.79 Å². The molecule has 28 heavy (non-hydrogen) atoms. The highest BCUT2D eigenvalue weighted by molar-refractivity contribution is 8.13. The quantitative estimate of drug-likeness (QED) is 0.239. The molecule has 0 saturated heterocycles. The molecule has 0 aliphatic carbocycles. The molecule has 9 heteroatoms. The fourth-order valence-corrected chi connectivity index (χ4v) is 3.04. The summed E-state index contributed by atoms with van der Waals surface area (Å²) >= 11 is 0.773. The first-order chi connectivity index (χ1) is 13.4. The maximum absolute atomic E-state index is 12.4. The van der Waals surface area contributed by atoms with Gasteiger partial charge in [-0.2, -0.15) is 0 Å². The Morgan fingerprint density at radius 2 is 1.61 bits per heavy atom. The molecule has 0 fully saturated rings. The van der Waals surface area contributed by atoms with Gasteiger partial charge in [0.15, 0.2) is 22.7 Å². The van der Waals surface area contributed by atoms with E-state index in [2.05, 4.69) is 0 Å². The molecule has 1 N–H and O–H groups in total. The molecule has 0 bridgehead atoms. The third-order valence-electron chi connectivity index (χ3n) is 3.45. The Balaban J connectivity index is 2.34. The summed E-state index contributed by atoms with van der Waals surface area (Å²) in [7, 11) is 0. The van der Waals surface area contributed by atoms with E-state index in [0.29, 0.717) is 0 Å². The van der Waals surface area contributed by atoms with Crippen LogP contribution in [-0.4, -0.2) is 41.3 Å². The van der Waals surface area contributed by atoms with Gasteiger partial charge >= 0.3 is 17.9 Å². The Bertz CT molecular complexity index is 834. The van der Waals surface area contributed by atoms with Gasteiger partial charge in [-0.25, -0.2) is 14.4 Å². The summed E-state index contributed by atoms with van der Waals surface area (Å²) in [6.07, 6.45) is 0. The van der Waals surface area contributed by atoms with Crippen LogP contribution in [0.5, 0.6) is 0 Å². The van der Waals surface area contributed by atoms with Crippen molar-refractivity contribution in [1.29, 1.82) is 0 Å². The fraction of sp³-hybridized carbons (Fsp3) is 0.263. The minimum absolute atomic E-state index is 0.0633. The molecule has 0 saturated carbocycles. The minimum Gasteiger partial charge on any atom is -0.504 e. The lowest BCUT2D eigenvalue weighted by atomic mass is 10.1. The summed E-state index contributed by atoms with van der Waals surface area (Å²) in [5.41, 5.74) is -0.603. The third kappa shape index (κ3) is 4.80. The molecule has 1 heterocycles. The average molecular weight is 406 g/mol. The van der Waals surface area contributed by atoms with E-state index < -0.39 is 45.7 Å². The van der Waals surface area contributed by atoms with Gasteiger partial charge in [0.25, 0.3) is 0 Å². The number of ether oxygens (including phenoxy) is 3. The van der Waals surface area contributed by atoms with Crippen molar-refractivity contribution in [3.63, 3.8) is 0 Å². The molecule has 0 radical (unpaired) electrons. The molecular weight excluding hydrogens is 388 g/mol. The summed E-state index contributed by atoms with van der Waals surface area (Å²) in [4.78, 5) is 48.7. The first-order valence-corrected chi connectivity index (χ1v) is 9.34. The van der Waals surface area contributed by atoms with Crippen LogP contribution in [0.25, 0.3) is 0 Å². The molecule has 0 spiro atoms. The van der Waals surface area contributed by atoms with E-state index in [1.165, 1.54) is 13.8 Å². The van der Waals surface area contributed by atoms with E-state index in [1.54, 1.807) is 24.3 Å². The third-order valence-corrected chi connectivity index (χ3v) is 4.40. The predicted molar refractivity (Wildman–Crippen MR) is 98.8 cm³/mol. The van der Waals surface area contributed by atoms with Crippen LogP contribution in [0.3, 0.4) is 0 Å². The van der Waals surface area contributed by atoms with E-state index in [9.17, 15) is 24.3 Å². The highest BCUT2D eigenvalue weighted by atomic mass is 32.2. The molecule has 148 valence electrons. The zero-order valence-corrected chi connectivity index (χ0v) is 16.0. The SMILES string of the molecule is CCOC(=O)C(C(=O)OCC)=C1OC(=O)C(C(=O)SCc2ccccc2)=C1O. The normalized spacial score (nSPS) is 13.2. The van der Waals surface area contributed by atoms with Gasteiger partial charge in [0.1, 0.15) is 0 Å². The van der Waals surface area contributed by atoms with Crippen LogP contribution in [0.4, 0.5) is 0 Å². The first-order valence-electron chi connectivity index (χ1n) is 8.36. The second-order valence-electron chi connectivity index (χ2n) is 5.32. The van der Waals surface area contributed by atoms with Gasteiger partial charge in [0.05, 0.1) is 13.2 Å². The number of esters is 3. The number of aliphatic hydroxyl groups excluding tert-OH is 1. The second kappa shape index (κ2) is 9.75. The van der Waals surface area contributed by atoms with Gasteiger partial charge < -0.3 is 19.3 Å². The molecule has 1 aliphatic rings. The van der Waals surface area contributed by atoms with Gasteiger partial charge in [0.2, 0.25) is 5.12 Å². The van der Waals surface area contributed by atoms with Crippen molar-refractivity contribution >= 4 is 34.8 Å². The smallest absolute Gasteiger partial charge is 0.352 e. The summed E-state index contributed by atoms with van der Waals surface area (Å²) in [5.74, 6) is -4.82. The molecule has 2 rings (SSSR count). The predicted octanol–water partition coefficient (Wildman–Crippen LogP) is 2.20. The molecule has 1 aromatic rings. The lowest BCUT2D eigenvalue weighted by Crippen LogP contribution is -2.21. The molecule has 0 amide bonds. The van der Waals surface area contributed by atoms with Crippen molar-refractivity contribution in [3.05, 3.63) is 58.6 Å². The van der Waals surface area contributed by atoms with E-state index in [0.717, 1.165) is 17.3 Å². The van der Waals surface area contributed by atoms with Gasteiger partial charge in [-0.05, 0) is 19.4 Å². The zero-order chi connectivity index (χ0) is 20.7. The number of aliphatic hydroxyl groups is 1. The summed E-state index contributed by atoms with van der Waals surface area (Å²) < 4.78 is 14.3. The number of cyclic esters (lactones) is 1. The Hall–Kier alpha value is -3.07. The zero-order valence-electron chi connectivity index (χ0n) is 15.2. The lowest BCUT2D eigenvalue weighted by molar-refractivity contribution is -0.147. The molecule has 0 unspecified atom stereocenters. The number of rotatable bonds is 7. The second-order valence-corrected chi connectivity index (χ2v) is 6.27. The molecule has 1 aliphatic heterocycles. The maximum atomic E-state index is 12.4. The Morgan fingerprint density at radius 3 is 2.14 bits per heavy atom. The number of hydrogen-bond donors (Lipinski definition) is 1. The van der Waals surface area contributed by atoms with E-state index in [-0.39, 0.29) is 19.0 Å². The molecule has 0 aromatic heterocycles. The molecule has 1 aromatic carbocycles. The topological polar surface area (TPSA) is 116 Å². The molecule has 8 nitrogen and oxygen atoms in total. The number of carbonyl (C=O) groups excluding carboxylic acids is 4. The van der Waals surface area contributed by atoms with Crippen LogP contribution in [-0.2, 0) is 39.1 Å². The lowest BCUT2D eigenvalue weighted by Gasteiger charge is -2.08. The summed E-state index contributed by atoms with van der Waals surface area (Å²) in [6.45, 7) is 2.89. The van der Waals surface area contributed by atoms with Crippen LogP contribution in [0.2, 0.25) is 0 Å². The van der Waals surface area contributed by atoms with Gasteiger partial charge in [0, 0.05) is 5.75 Å². The molecular formula is C19H18O8S. The van der Waals surface area contributed by atoms with Gasteiger partial charge in [-0.15, -0.1) is 0 Å². The van der Waals surface area contributed by atoms with E-state index >= 15 is 0 Å². The Kier molecular flexibility index (Phi) is 7.39. The monoisotopic (exact) mass is 406 g/mol. The Morgan fingerprint density at radius 1 is 1.04 bits per heavy atom.